The average Bonchev–Trinajstić information content (AvgIpc) is 3.40. The van der Waals surface area contributed by atoms with Crippen molar-refractivity contribution >= 4 is 36.0 Å². The van der Waals surface area contributed by atoms with E-state index in [4.69, 9.17) is 9.73 Å². The summed E-state index contributed by atoms with van der Waals surface area (Å²) >= 11 is 0. The van der Waals surface area contributed by atoms with Crippen molar-refractivity contribution in [2.75, 3.05) is 26.2 Å². The number of nitrogens with one attached hydrogen (secondary N) is 2. The van der Waals surface area contributed by atoms with Gasteiger partial charge in [0.1, 0.15) is 5.60 Å². The number of ether oxygens (including phenoxy) is 1. The highest BCUT2D eigenvalue weighted by Gasteiger charge is 2.53. The lowest BCUT2D eigenvalue weighted by Gasteiger charge is -2.24. The molecule has 7 heteroatoms. The second kappa shape index (κ2) is 8.52. The fraction of sp³-hybridized carbons (Fsp3) is 0.895. The van der Waals surface area contributed by atoms with Crippen molar-refractivity contribution < 1.29 is 9.53 Å². The molecule has 2 saturated carbocycles. The van der Waals surface area contributed by atoms with E-state index in [1.54, 1.807) is 0 Å². The van der Waals surface area contributed by atoms with Crippen LogP contribution >= 0.6 is 24.0 Å². The number of nitrogens with zero attached hydrogens (tertiary/aromatic N) is 2. The summed E-state index contributed by atoms with van der Waals surface area (Å²) in [6.45, 7) is 11.3. The number of guanidine groups is 1. The van der Waals surface area contributed by atoms with E-state index in [0.717, 1.165) is 44.5 Å². The van der Waals surface area contributed by atoms with Gasteiger partial charge in [0.05, 0.1) is 6.04 Å². The third-order valence-electron chi connectivity index (χ3n) is 5.42. The summed E-state index contributed by atoms with van der Waals surface area (Å²) in [6, 6.07) is 0.122. The minimum atomic E-state index is -0.458. The predicted octanol–water partition coefficient (Wildman–Crippen LogP) is 3.36. The first-order valence-corrected chi connectivity index (χ1v) is 9.84. The molecule has 1 amide bonds. The number of hydrogen-bond donors (Lipinski definition) is 2. The van der Waals surface area contributed by atoms with Crippen LogP contribution in [0.3, 0.4) is 0 Å². The molecule has 2 N–H and O–H groups in total. The quantitative estimate of drug-likeness (QED) is 0.362. The number of carbonyl (C=O) groups excluding carboxylic acids is 1. The summed E-state index contributed by atoms with van der Waals surface area (Å²) in [5.74, 6) is 1.93. The molecule has 0 spiro atoms. The van der Waals surface area contributed by atoms with Gasteiger partial charge in [-0.15, -0.1) is 24.0 Å². The van der Waals surface area contributed by atoms with Crippen LogP contribution in [0.2, 0.25) is 0 Å². The summed E-state index contributed by atoms with van der Waals surface area (Å²) in [6.07, 6.45) is 6.10. The van der Waals surface area contributed by atoms with Crippen molar-refractivity contribution in [3.05, 3.63) is 0 Å². The fourth-order valence-electron chi connectivity index (χ4n) is 3.75. The number of rotatable bonds is 5. The Balaban J connectivity index is 0.00000243. The van der Waals surface area contributed by atoms with Gasteiger partial charge in [-0.2, -0.15) is 0 Å². The van der Waals surface area contributed by atoms with Crippen molar-refractivity contribution in [3.63, 3.8) is 0 Å². The molecule has 0 aromatic heterocycles. The summed E-state index contributed by atoms with van der Waals surface area (Å²) in [7, 11) is 0. The van der Waals surface area contributed by atoms with Crippen LogP contribution in [-0.4, -0.2) is 54.8 Å². The third kappa shape index (κ3) is 5.89. The van der Waals surface area contributed by atoms with Gasteiger partial charge < -0.3 is 20.3 Å². The molecule has 3 fully saturated rings. The SMILES string of the molecule is CCNC(=NCC1(C2CC2)CC1)N1CC[C@@H](NC(=O)OC(C)(C)C)C1.I. The van der Waals surface area contributed by atoms with Crippen molar-refractivity contribution in [2.45, 2.75) is 71.4 Å². The van der Waals surface area contributed by atoms with E-state index >= 15 is 0 Å². The Bertz CT molecular complexity index is 524. The molecular weight excluding hydrogens is 443 g/mol. The molecule has 0 radical (unpaired) electrons. The Morgan fingerprint density at radius 2 is 1.96 bits per heavy atom. The molecule has 0 bridgehead atoms. The minimum Gasteiger partial charge on any atom is -0.444 e. The monoisotopic (exact) mass is 478 g/mol. The zero-order valence-electron chi connectivity index (χ0n) is 16.6. The van der Waals surface area contributed by atoms with Crippen molar-refractivity contribution in [3.8, 4) is 0 Å². The zero-order chi connectivity index (χ0) is 18.1. The maximum absolute atomic E-state index is 12.0. The van der Waals surface area contributed by atoms with Gasteiger partial charge in [-0.05, 0) is 71.1 Å². The molecule has 2 aliphatic carbocycles. The first-order chi connectivity index (χ1) is 11.8. The zero-order valence-corrected chi connectivity index (χ0v) is 19.0. The number of halogens is 1. The fourth-order valence-corrected chi connectivity index (χ4v) is 3.75. The van der Waals surface area contributed by atoms with Gasteiger partial charge >= 0.3 is 6.09 Å². The Hall–Kier alpha value is -0.730. The lowest BCUT2D eigenvalue weighted by molar-refractivity contribution is 0.0507. The van der Waals surface area contributed by atoms with E-state index in [9.17, 15) is 4.79 Å². The Morgan fingerprint density at radius 3 is 2.50 bits per heavy atom. The molecule has 1 saturated heterocycles. The first kappa shape index (κ1) is 21.6. The third-order valence-corrected chi connectivity index (χ3v) is 5.42. The van der Waals surface area contributed by atoms with Crippen molar-refractivity contribution in [1.82, 2.24) is 15.5 Å². The van der Waals surface area contributed by atoms with E-state index in [2.05, 4.69) is 22.5 Å². The van der Waals surface area contributed by atoms with Gasteiger partial charge in [0.15, 0.2) is 5.96 Å². The highest BCUT2D eigenvalue weighted by atomic mass is 127. The van der Waals surface area contributed by atoms with Crippen LogP contribution in [0.5, 0.6) is 0 Å². The number of likely N-dealkylation sites (tertiary alicyclic amines) is 1. The molecule has 0 unspecified atom stereocenters. The molecule has 0 aromatic rings. The smallest absolute Gasteiger partial charge is 0.407 e. The van der Waals surface area contributed by atoms with Gasteiger partial charge in [0.25, 0.3) is 0 Å². The predicted molar refractivity (Wildman–Crippen MR) is 115 cm³/mol. The van der Waals surface area contributed by atoms with E-state index in [-0.39, 0.29) is 36.1 Å². The van der Waals surface area contributed by atoms with Crippen LogP contribution < -0.4 is 10.6 Å². The Morgan fingerprint density at radius 1 is 1.27 bits per heavy atom. The normalized spacial score (nSPS) is 24.7. The Labute approximate surface area is 174 Å². The first-order valence-electron chi connectivity index (χ1n) is 9.84. The molecular formula is C19H35IN4O2. The molecule has 6 nitrogen and oxygen atoms in total. The second-order valence-corrected chi connectivity index (χ2v) is 8.88. The maximum Gasteiger partial charge on any atom is 0.407 e. The van der Waals surface area contributed by atoms with Crippen LogP contribution in [0.1, 0.15) is 59.8 Å². The molecule has 3 aliphatic rings. The number of alkyl carbamates (subject to hydrolysis) is 1. The molecule has 1 atom stereocenters. The van der Waals surface area contributed by atoms with Crippen LogP contribution in [0.15, 0.2) is 4.99 Å². The topological polar surface area (TPSA) is 66.0 Å². The highest BCUT2D eigenvalue weighted by molar-refractivity contribution is 14.0. The van der Waals surface area contributed by atoms with Gasteiger partial charge in [0.2, 0.25) is 0 Å². The maximum atomic E-state index is 12.0. The van der Waals surface area contributed by atoms with Crippen LogP contribution in [-0.2, 0) is 4.74 Å². The van der Waals surface area contributed by atoms with Crippen LogP contribution in [0.4, 0.5) is 4.79 Å². The summed E-state index contributed by atoms with van der Waals surface area (Å²) < 4.78 is 5.36. The Kier molecular flexibility index (Phi) is 7.07. The second-order valence-electron chi connectivity index (χ2n) is 8.88. The average molecular weight is 478 g/mol. The standard InChI is InChI=1S/C19H34N4O2.HI/c1-5-20-16(21-13-19(9-10-19)14-6-7-14)23-11-8-15(12-23)22-17(24)25-18(2,3)4;/h14-15H,5-13H2,1-4H3,(H,20,21)(H,22,24);1H/t15-;/m1./s1. The summed E-state index contributed by atoms with van der Waals surface area (Å²) in [5, 5.41) is 6.42. The molecule has 1 aliphatic heterocycles. The lowest BCUT2D eigenvalue weighted by Crippen LogP contribution is -2.44. The number of hydrogen-bond acceptors (Lipinski definition) is 3. The molecule has 0 aromatic carbocycles. The minimum absolute atomic E-state index is 0. The van der Waals surface area contributed by atoms with Crippen molar-refractivity contribution in [1.29, 1.82) is 0 Å². The van der Waals surface area contributed by atoms with E-state index in [0.29, 0.717) is 5.41 Å². The van der Waals surface area contributed by atoms with E-state index in [1.807, 2.05) is 20.8 Å². The molecule has 1 heterocycles. The molecule has 26 heavy (non-hydrogen) atoms. The van der Waals surface area contributed by atoms with Gasteiger partial charge in [0, 0.05) is 26.2 Å². The molecule has 3 rings (SSSR count). The summed E-state index contributed by atoms with van der Waals surface area (Å²) in [4.78, 5) is 19.2. The van der Waals surface area contributed by atoms with Crippen molar-refractivity contribution in [2.24, 2.45) is 16.3 Å². The van der Waals surface area contributed by atoms with E-state index < -0.39 is 5.60 Å². The number of aliphatic imine (C=N–C) groups is 1. The van der Waals surface area contributed by atoms with Gasteiger partial charge in [-0.3, -0.25) is 4.99 Å². The molecule has 150 valence electrons. The van der Waals surface area contributed by atoms with Crippen LogP contribution in [0.25, 0.3) is 0 Å². The number of amides is 1. The lowest BCUT2D eigenvalue weighted by atomic mass is 10.0. The van der Waals surface area contributed by atoms with E-state index in [1.165, 1.54) is 25.7 Å². The highest BCUT2D eigenvalue weighted by Crippen LogP contribution is 2.61. The van der Waals surface area contributed by atoms with Gasteiger partial charge in [-0.25, -0.2) is 4.79 Å². The van der Waals surface area contributed by atoms with Gasteiger partial charge in [-0.1, -0.05) is 0 Å². The largest absolute Gasteiger partial charge is 0.444 e. The van der Waals surface area contributed by atoms with Crippen LogP contribution in [0, 0.1) is 11.3 Å². The summed E-state index contributed by atoms with van der Waals surface area (Å²) in [5.41, 5.74) is 0.0642. The number of carbonyl (C=O) groups is 1.